The van der Waals surface area contributed by atoms with Crippen molar-refractivity contribution in [3.8, 4) is 0 Å². The highest BCUT2D eigenvalue weighted by Crippen LogP contribution is 2.37. The molecule has 1 aromatic rings. The Hall–Kier alpha value is -1.36. The number of nitrogens with zero attached hydrogens (tertiary/aromatic N) is 1. The van der Waals surface area contributed by atoms with Gasteiger partial charge in [0.05, 0.1) is 12.3 Å². The zero-order valence-electron chi connectivity index (χ0n) is 12.0. The lowest BCUT2D eigenvalue weighted by Crippen LogP contribution is -2.20. The number of ether oxygens (including phenoxy) is 2. The van der Waals surface area contributed by atoms with Gasteiger partial charge in [-0.3, -0.25) is 0 Å². The Bertz CT molecular complexity index is 458. The highest BCUT2D eigenvalue weighted by molar-refractivity contribution is 5.87. The number of aromatic nitrogens is 1. The Balaban J connectivity index is 2.37. The minimum absolute atomic E-state index is 0.0990. The molecule has 0 amide bonds. The van der Waals surface area contributed by atoms with Crippen LogP contribution < -0.4 is 0 Å². The molecule has 1 aliphatic heterocycles. The Labute approximate surface area is 113 Å². The van der Waals surface area contributed by atoms with E-state index >= 15 is 0 Å². The van der Waals surface area contributed by atoms with Gasteiger partial charge in [0.25, 0.3) is 0 Å². The third-order valence-electron chi connectivity index (χ3n) is 3.33. The normalized spacial score (nSPS) is 23.0. The molecule has 19 heavy (non-hydrogen) atoms. The van der Waals surface area contributed by atoms with E-state index in [-0.39, 0.29) is 11.7 Å². The first kappa shape index (κ1) is 14.1. The van der Waals surface area contributed by atoms with Gasteiger partial charge in [-0.1, -0.05) is 13.8 Å². The highest BCUT2D eigenvalue weighted by Gasteiger charge is 2.39. The van der Waals surface area contributed by atoms with Crippen molar-refractivity contribution in [3.63, 3.8) is 0 Å². The predicted octanol–water partition coefficient (Wildman–Crippen LogP) is 3.00. The fourth-order valence-electron chi connectivity index (χ4n) is 2.24. The monoisotopic (exact) mass is 267 g/mol. The van der Waals surface area contributed by atoms with E-state index in [2.05, 4.69) is 4.98 Å². The van der Waals surface area contributed by atoms with Crippen molar-refractivity contribution in [1.82, 2.24) is 4.98 Å². The van der Waals surface area contributed by atoms with Gasteiger partial charge in [-0.2, -0.15) is 0 Å². The summed E-state index contributed by atoms with van der Waals surface area (Å²) in [5.74, 6) is 0.341. The number of carbonyl (C=O) groups is 1. The quantitative estimate of drug-likeness (QED) is 0.785. The van der Waals surface area contributed by atoms with E-state index < -0.39 is 11.6 Å². The molecule has 2 rings (SSSR count). The molecule has 106 valence electrons. The SMILES string of the molecule is CCOC(=O)c1oc(C2(C)CCCO2)nc1C(C)C. The second-order valence-electron chi connectivity index (χ2n) is 5.29. The summed E-state index contributed by atoms with van der Waals surface area (Å²) in [4.78, 5) is 16.4. The number of esters is 1. The summed E-state index contributed by atoms with van der Waals surface area (Å²) >= 11 is 0. The van der Waals surface area contributed by atoms with E-state index in [0.717, 1.165) is 12.8 Å². The van der Waals surface area contributed by atoms with Gasteiger partial charge in [0, 0.05) is 6.61 Å². The van der Waals surface area contributed by atoms with Crippen molar-refractivity contribution in [3.05, 3.63) is 17.3 Å². The lowest BCUT2D eigenvalue weighted by Gasteiger charge is -2.18. The van der Waals surface area contributed by atoms with Crippen LogP contribution in [0, 0.1) is 0 Å². The molecule has 5 nitrogen and oxygen atoms in total. The average Bonchev–Trinajstić information content (AvgIpc) is 2.96. The largest absolute Gasteiger partial charge is 0.460 e. The Morgan fingerprint density at radius 2 is 2.26 bits per heavy atom. The molecule has 0 saturated carbocycles. The van der Waals surface area contributed by atoms with E-state index in [9.17, 15) is 4.79 Å². The summed E-state index contributed by atoms with van der Waals surface area (Å²) in [6.07, 6.45) is 1.83. The van der Waals surface area contributed by atoms with E-state index in [0.29, 0.717) is 24.8 Å². The van der Waals surface area contributed by atoms with Gasteiger partial charge >= 0.3 is 5.97 Å². The van der Waals surface area contributed by atoms with Crippen LogP contribution >= 0.6 is 0 Å². The zero-order valence-corrected chi connectivity index (χ0v) is 12.0. The maximum absolute atomic E-state index is 11.9. The molecule has 0 bridgehead atoms. The van der Waals surface area contributed by atoms with Crippen molar-refractivity contribution in [1.29, 1.82) is 0 Å². The second kappa shape index (κ2) is 5.33. The van der Waals surface area contributed by atoms with E-state index in [1.807, 2.05) is 20.8 Å². The van der Waals surface area contributed by atoms with E-state index in [1.165, 1.54) is 0 Å². The van der Waals surface area contributed by atoms with Gasteiger partial charge in [-0.25, -0.2) is 9.78 Å². The fraction of sp³-hybridized carbons (Fsp3) is 0.714. The zero-order chi connectivity index (χ0) is 14.0. The molecule has 1 atom stereocenters. The van der Waals surface area contributed by atoms with Crippen molar-refractivity contribution in [2.24, 2.45) is 0 Å². The molecule has 0 aromatic carbocycles. The Morgan fingerprint density at radius 3 is 2.79 bits per heavy atom. The molecule has 5 heteroatoms. The van der Waals surface area contributed by atoms with Gasteiger partial charge in [-0.05, 0) is 32.6 Å². The molecule has 0 spiro atoms. The summed E-state index contributed by atoms with van der Waals surface area (Å²) in [6.45, 7) is 8.69. The van der Waals surface area contributed by atoms with Crippen LogP contribution in [0.3, 0.4) is 0 Å². The molecule has 0 radical (unpaired) electrons. The Morgan fingerprint density at radius 1 is 1.53 bits per heavy atom. The number of carbonyl (C=O) groups excluding carboxylic acids is 1. The molecule has 1 saturated heterocycles. The van der Waals surface area contributed by atoms with Crippen LogP contribution in [0.1, 0.15) is 68.6 Å². The van der Waals surface area contributed by atoms with Crippen molar-refractivity contribution in [2.45, 2.75) is 52.1 Å². The van der Waals surface area contributed by atoms with Crippen LogP contribution in [0.25, 0.3) is 0 Å². The maximum atomic E-state index is 11.9. The summed E-state index contributed by atoms with van der Waals surface area (Å²) < 4.78 is 16.4. The predicted molar refractivity (Wildman–Crippen MR) is 69.1 cm³/mol. The molecule has 1 aliphatic rings. The maximum Gasteiger partial charge on any atom is 0.376 e. The summed E-state index contributed by atoms with van der Waals surface area (Å²) in [5.41, 5.74) is 0.124. The topological polar surface area (TPSA) is 61.6 Å². The molecule has 1 aromatic heterocycles. The lowest BCUT2D eigenvalue weighted by molar-refractivity contribution is -0.00668. The minimum Gasteiger partial charge on any atom is -0.460 e. The number of hydrogen-bond acceptors (Lipinski definition) is 5. The van der Waals surface area contributed by atoms with Gasteiger partial charge in [0.1, 0.15) is 5.60 Å². The third kappa shape index (κ3) is 2.66. The van der Waals surface area contributed by atoms with Crippen molar-refractivity contribution in [2.75, 3.05) is 13.2 Å². The fourth-order valence-corrected chi connectivity index (χ4v) is 2.24. The number of rotatable bonds is 4. The van der Waals surface area contributed by atoms with Crippen molar-refractivity contribution >= 4 is 5.97 Å². The molecule has 1 unspecified atom stereocenters. The lowest BCUT2D eigenvalue weighted by atomic mass is 10.0. The minimum atomic E-state index is -0.519. The van der Waals surface area contributed by atoms with Crippen LogP contribution in [-0.4, -0.2) is 24.2 Å². The van der Waals surface area contributed by atoms with Gasteiger partial charge < -0.3 is 13.9 Å². The van der Waals surface area contributed by atoms with Gasteiger partial charge in [0.2, 0.25) is 11.7 Å². The van der Waals surface area contributed by atoms with Gasteiger partial charge in [0.15, 0.2) is 0 Å². The molecule has 1 fully saturated rings. The van der Waals surface area contributed by atoms with Crippen LogP contribution in [0.4, 0.5) is 0 Å². The molecular weight excluding hydrogens is 246 g/mol. The highest BCUT2D eigenvalue weighted by atomic mass is 16.6. The molecule has 0 aliphatic carbocycles. The van der Waals surface area contributed by atoms with Crippen LogP contribution in [0.5, 0.6) is 0 Å². The standard InChI is InChI=1S/C14H21NO4/c1-5-17-12(16)11-10(9(2)3)15-13(19-11)14(4)7-6-8-18-14/h9H,5-8H2,1-4H3. The van der Waals surface area contributed by atoms with Crippen molar-refractivity contribution < 1.29 is 18.7 Å². The first-order valence-corrected chi connectivity index (χ1v) is 6.80. The Kier molecular flexibility index (Phi) is 3.94. The summed E-state index contributed by atoms with van der Waals surface area (Å²) in [5, 5.41) is 0. The first-order valence-electron chi connectivity index (χ1n) is 6.80. The van der Waals surface area contributed by atoms with Crippen LogP contribution in [0.2, 0.25) is 0 Å². The smallest absolute Gasteiger partial charge is 0.376 e. The van der Waals surface area contributed by atoms with Crippen LogP contribution in [0.15, 0.2) is 4.42 Å². The summed E-state index contributed by atoms with van der Waals surface area (Å²) in [6, 6.07) is 0. The van der Waals surface area contributed by atoms with E-state index in [4.69, 9.17) is 13.9 Å². The average molecular weight is 267 g/mol. The van der Waals surface area contributed by atoms with Gasteiger partial charge in [-0.15, -0.1) is 0 Å². The second-order valence-corrected chi connectivity index (χ2v) is 5.29. The molecular formula is C14H21NO4. The molecule has 0 N–H and O–H groups in total. The van der Waals surface area contributed by atoms with Crippen LogP contribution in [-0.2, 0) is 15.1 Å². The molecule has 2 heterocycles. The number of hydrogen-bond donors (Lipinski definition) is 0. The third-order valence-corrected chi connectivity index (χ3v) is 3.33. The van der Waals surface area contributed by atoms with E-state index in [1.54, 1.807) is 6.92 Å². The summed E-state index contributed by atoms with van der Waals surface area (Å²) in [7, 11) is 0. The number of oxazole rings is 1. The first-order chi connectivity index (χ1) is 8.98.